The molecule has 9 heteroatoms. The first-order chi connectivity index (χ1) is 12.5. The molecule has 0 amide bonds. The van der Waals surface area contributed by atoms with Gasteiger partial charge in [-0.15, -0.1) is 11.3 Å². The Morgan fingerprint density at radius 1 is 1.27 bits per heavy atom. The van der Waals surface area contributed by atoms with Gasteiger partial charge in [-0.2, -0.15) is 4.98 Å². The van der Waals surface area contributed by atoms with Gasteiger partial charge in [0.2, 0.25) is 11.7 Å². The number of sulfone groups is 1. The van der Waals surface area contributed by atoms with Crippen LogP contribution in [0.3, 0.4) is 0 Å². The molecule has 0 fully saturated rings. The molecule has 2 aromatic heterocycles. The van der Waals surface area contributed by atoms with Gasteiger partial charge >= 0.3 is 0 Å². The third-order valence-corrected chi connectivity index (χ3v) is 6.73. The van der Waals surface area contributed by atoms with E-state index in [1.807, 2.05) is 17.5 Å². The van der Waals surface area contributed by atoms with Crippen LogP contribution in [0.2, 0.25) is 0 Å². The Labute approximate surface area is 154 Å². The lowest BCUT2D eigenvalue weighted by atomic mass is 10.3. The minimum Gasteiger partial charge on any atom is -0.494 e. The lowest BCUT2D eigenvalue weighted by Gasteiger charge is -2.09. The Morgan fingerprint density at radius 2 is 2.04 bits per heavy atom. The fourth-order valence-electron chi connectivity index (χ4n) is 2.22. The summed E-state index contributed by atoms with van der Waals surface area (Å²) in [5.41, 5.74) is 0. The fourth-order valence-corrected chi connectivity index (χ4v) is 4.14. The number of halogens is 1. The van der Waals surface area contributed by atoms with E-state index in [1.165, 1.54) is 42.5 Å². The fraction of sp³-hybridized carbons (Fsp3) is 0.294. The molecule has 3 aromatic rings. The van der Waals surface area contributed by atoms with E-state index < -0.39 is 15.1 Å². The second kappa shape index (κ2) is 7.96. The van der Waals surface area contributed by atoms with Gasteiger partial charge in [-0.3, -0.25) is 0 Å². The van der Waals surface area contributed by atoms with Gasteiger partial charge in [-0.1, -0.05) is 11.2 Å². The summed E-state index contributed by atoms with van der Waals surface area (Å²) < 4.78 is 48.3. The summed E-state index contributed by atoms with van der Waals surface area (Å²) in [4.78, 5) is 5.01. The maximum Gasteiger partial charge on any atom is 0.245 e. The maximum atomic E-state index is 12.8. The predicted octanol–water partition coefficient (Wildman–Crippen LogP) is 3.88. The molecule has 0 saturated carbocycles. The second-order valence-electron chi connectivity index (χ2n) is 5.60. The van der Waals surface area contributed by atoms with Gasteiger partial charge in [0, 0.05) is 0 Å². The maximum absolute atomic E-state index is 12.8. The molecule has 0 aliphatic heterocycles. The Balaban J connectivity index is 1.54. The monoisotopic (exact) mass is 396 g/mol. The van der Waals surface area contributed by atoms with Crippen molar-refractivity contribution in [2.75, 3.05) is 12.4 Å². The molecule has 0 spiro atoms. The second-order valence-corrected chi connectivity index (χ2v) is 8.99. The highest BCUT2D eigenvalue weighted by molar-refractivity contribution is 7.91. The topological polar surface area (TPSA) is 82.3 Å². The Morgan fingerprint density at radius 3 is 2.73 bits per heavy atom. The Bertz CT molecular complexity index is 938. The largest absolute Gasteiger partial charge is 0.494 e. The molecule has 6 nitrogen and oxygen atoms in total. The van der Waals surface area contributed by atoms with Crippen LogP contribution < -0.4 is 4.74 Å². The third-order valence-electron chi connectivity index (χ3n) is 3.73. The van der Waals surface area contributed by atoms with Crippen molar-refractivity contribution in [3.8, 4) is 16.5 Å². The van der Waals surface area contributed by atoms with Crippen LogP contribution in [0.1, 0.15) is 24.5 Å². The molecule has 26 heavy (non-hydrogen) atoms. The molecule has 0 unspecified atom stereocenters. The third kappa shape index (κ3) is 4.47. The van der Waals surface area contributed by atoms with Gasteiger partial charge in [-0.25, -0.2) is 12.8 Å². The minimum absolute atomic E-state index is 0.0767. The molecular formula is C17H17FN2O4S2. The predicted molar refractivity (Wildman–Crippen MR) is 96.3 cm³/mol. The van der Waals surface area contributed by atoms with Crippen LogP contribution >= 0.6 is 11.3 Å². The first-order valence-corrected chi connectivity index (χ1v) is 10.5. The zero-order chi connectivity index (χ0) is 18.6. The molecule has 0 bridgehead atoms. The minimum atomic E-state index is -3.46. The van der Waals surface area contributed by atoms with Crippen LogP contribution in [-0.2, 0) is 9.84 Å². The van der Waals surface area contributed by atoms with E-state index in [1.54, 1.807) is 0 Å². The van der Waals surface area contributed by atoms with Gasteiger partial charge in [0.05, 0.1) is 17.2 Å². The lowest BCUT2D eigenvalue weighted by molar-refractivity contribution is 0.317. The summed E-state index contributed by atoms with van der Waals surface area (Å²) >= 11 is 1.45. The first-order valence-electron chi connectivity index (χ1n) is 7.93. The van der Waals surface area contributed by atoms with E-state index in [-0.39, 0.29) is 24.1 Å². The normalized spacial score (nSPS) is 12.8. The van der Waals surface area contributed by atoms with E-state index in [9.17, 15) is 12.8 Å². The van der Waals surface area contributed by atoms with Crippen molar-refractivity contribution in [2.45, 2.75) is 18.6 Å². The SMILES string of the molecule is C[C@@H](c1nc(-c2cccs2)no1)S(=O)(=O)CCCOc1ccc(F)cc1. The molecule has 0 N–H and O–H groups in total. The van der Waals surface area contributed by atoms with Gasteiger partial charge in [0.15, 0.2) is 9.84 Å². The number of aromatic nitrogens is 2. The summed E-state index contributed by atoms with van der Waals surface area (Å²) in [7, 11) is -3.46. The lowest BCUT2D eigenvalue weighted by Crippen LogP contribution is -2.16. The average Bonchev–Trinajstić information content (AvgIpc) is 3.30. The summed E-state index contributed by atoms with van der Waals surface area (Å²) in [5, 5.41) is 4.83. The summed E-state index contributed by atoms with van der Waals surface area (Å²) in [6.07, 6.45) is 0.302. The molecule has 0 radical (unpaired) electrons. The number of thiophene rings is 1. The van der Waals surface area contributed by atoms with Crippen molar-refractivity contribution in [1.29, 1.82) is 0 Å². The molecule has 138 valence electrons. The highest BCUT2D eigenvalue weighted by Gasteiger charge is 2.28. The zero-order valence-electron chi connectivity index (χ0n) is 14.0. The van der Waals surface area contributed by atoms with Gasteiger partial charge in [0.25, 0.3) is 0 Å². The quantitative estimate of drug-likeness (QED) is 0.538. The van der Waals surface area contributed by atoms with Crippen molar-refractivity contribution < 1.29 is 22.1 Å². The van der Waals surface area contributed by atoms with E-state index >= 15 is 0 Å². The van der Waals surface area contributed by atoms with Crippen LogP contribution in [0.15, 0.2) is 46.3 Å². The molecule has 0 saturated heterocycles. The number of benzene rings is 1. The Hall–Kier alpha value is -2.26. The van der Waals surface area contributed by atoms with Gasteiger partial charge < -0.3 is 9.26 Å². The van der Waals surface area contributed by atoms with E-state index in [0.29, 0.717) is 18.0 Å². The standard InChI is InChI=1S/C17H17FN2O4S2/c1-12(17-19-16(20-24-17)15-4-2-10-25-15)26(21,22)11-3-9-23-14-7-5-13(18)6-8-14/h2,4-8,10,12H,3,9,11H2,1H3/t12-/m0/s1. The Kier molecular flexibility index (Phi) is 5.67. The summed E-state index contributed by atoms with van der Waals surface area (Å²) in [6.45, 7) is 1.74. The van der Waals surface area contributed by atoms with Crippen LogP contribution in [0, 0.1) is 5.82 Å². The molecule has 1 atom stereocenters. The van der Waals surface area contributed by atoms with E-state index in [4.69, 9.17) is 9.26 Å². The number of hydrogen-bond acceptors (Lipinski definition) is 7. The van der Waals surface area contributed by atoms with Crippen molar-refractivity contribution in [2.24, 2.45) is 0 Å². The number of hydrogen-bond donors (Lipinski definition) is 0. The molecule has 3 rings (SSSR count). The summed E-state index contributed by atoms with van der Waals surface area (Å²) in [6, 6.07) is 9.26. The van der Waals surface area contributed by atoms with Gasteiger partial charge in [0.1, 0.15) is 16.8 Å². The van der Waals surface area contributed by atoms with Crippen LogP contribution in [-0.4, -0.2) is 30.9 Å². The average molecular weight is 396 g/mol. The van der Waals surface area contributed by atoms with Crippen molar-refractivity contribution >= 4 is 21.2 Å². The van der Waals surface area contributed by atoms with Gasteiger partial charge in [-0.05, 0) is 49.1 Å². The number of ether oxygens (including phenoxy) is 1. The molecule has 0 aliphatic rings. The molecule has 0 aliphatic carbocycles. The molecular weight excluding hydrogens is 379 g/mol. The zero-order valence-corrected chi connectivity index (χ0v) is 15.6. The number of nitrogens with zero attached hydrogens (tertiary/aromatic N) is 2. The van der Waals surface area contributed by atoms with Crippen LogP contribution in [0.4, 0.5) is 4.39 Å². The number of rotatable bonds is 8. The highest BCUT2D eigenvalue weighted by Crippen LogP contribution is 2.26. The first kappa shape index (κ1) is 18.5. The van der Waals surface area contributed by atoms with E-state index in [2.05, 4.69) is 10.1 Å². The summed E-state index contributed by atoms with van der Waals surface area (Å²) in [5.74, 6) is 0.528. The van der Waals surface area contributed by atoms with Crippen LogP contribution in [0.5, 0.6) is 5.75 Å². The van der Waals surface area contributed by atoms with Crippen molar-refractivity contribution in [1.82, 2.24) is 10.1 Å². The van der Waals surface area contributed by atoms with Crippen molar-refractivity contribution in [3.05, 3.63) is 53.5 Å². The van der Waals surface area contributed by atoms with E-state index in [0.717, 1.165) is 4.88 Å². The van der Waals surface area contributed by atoms with Crippen molar-refractivity contribution in [3.63, 3.8) is 0 Å². The van der Waals surface area contributed by atoms with Crippen LogP contribution in [0.25, 0.3) is 10.7 Å². The molecule has 2 heterocycles. The smallest absolute Gasteiger partial charge is 0.245 e. The molecule has 1 aromatic carbocycles. The highest BCUT2D eigenvalue weighted by atomic mass is 32.2.